The Morgan fingerprint density at radius 2 is 2.05 bits per heavy atom. The molecule has 1 heterocycles. The van der Waals surface area contributed by atoms with Crippen molar-refractivity contribution in [3.63, 3.8) is 0 Å². The number of carbonyl (C=O) groups is 2. The Kier molecular flexibility index (Phi) is 4.67. The Labute approximate surface area is 116 Å². The van der Waals surface area contributed by atoms with E-state index < -0.39 is 17.5 Å². The van der Waals surface area contributed by atoms with E-state index in [9.17, 15) is 14.7 Å². The van der Waals surface area contributed by atoms with Gasteiger partial charge < -0.3 is 15.5 Å². The molecular formula is C13H19N3O4. The average molecular weight is 281 g/mol. The minimum absolute atomic E-state index is 0.365. The number of aryl methyl sites for hydroxylation is 2. The van der Waals surface area contributed by atoms with Crippen molar-refractivity contribution in [3.8, 4) is 0 Å². The van der Waals surface area contributed by atoms with Gasteiger partial charge in [-0.3, -0.25) is 9.48 Å². The molecule has 0 aromatic carbocycles. The van der Waals surface area contributed by atoms with Crippen molar-refractivity contribution in [2.45, 2.75) is 26.4 Å². The van der Waals surface area contributed by atoms with Crippen LogP contribution < -0.4 is 5.32 Å². The number of aliphatic carboxylic acids is 1. The Morgan fingerprint density at radius 3 is 2.50 bits per heavy atom. The third-order valence-electron chi connectivity index (χ3n) is 3.03. The summed E-state index contributed by atoms with van der Waals surface area (Å²) in [6.45, 7) is 4.47. The second-order valence-electron chi connectivity index (χ2n) is 4.84. The zero-order valence-electron chi connectivity index (χ0n) is 12.0. The van der Waals surface area contributed by atoms with E-state index in [1.165, 1.54) is 6.08 Å². The van der Waals surface area contributed by atoms with Gasteiger partial charge in [0.25, 0.3) is 0 Å². The van der Waals surface area contributed by atoms with Crippen LogP contribution in [-0.2, 0) is 16.6 Å². The van der Waals surface area contributed by atoms with E-state index in [-0.39, 0.29) is 6.54 Å². The second kappa shape index (κ2) is 5.87. The molecule has 20 heavy (non-hydrogen) atoms. The average Bonchev–Trinajstić information content (AvgIpc) is 2.59. The van der Waals surface area contributed by atoms with Crippen LogP contribution in [-0.4, -0.2) is 44.0 Å². The summed E-state index contributed by atoms with van der Waals surface area (Å²) in [5.74, 6) is -1.87. The van der Waals surface area contributed by atoms with Crippen LogP contribution in [0, 0.1) is 13.8 Å². The molecule has 1 amide bonds. The van der Waals surface area contributed by atoms with Crippen molar-refractivity contribution < 1.29 is 19.8 Å². The van der Waals surface area contributed by atoms with Gasteiger partial charge in [-0.05, 0) is 26.8 Å². The number of nitrogens with one attached hydrogen (secondary N) is 1. The lowest BCUT2D eigenvalue weighted by Gasteiger charge is -2.17. The van der Waals surface area contributed by atoms with Crippen molar-refractivity contribution in [1.29, 1.82) is 0 Å². The van der Waals surface area contributed by atoms with Gasteiger partial charge >= 0.3 is 5.97 Å². The van der Waals surface area contributed by atoms with Crippen molar-refractivity contribution in [1.82, 2.24) is 15.1 Å². The molecule has 1 aromatic heterocycles. The van der Waals surface area contributed by atoms with Gasteiger partial charge in [-0.15, -0.1) is 0 Å². The molecule has 110 valence electrons. The van der Waals surface area contributed by atoms with Crippen LogP contribution >= 0.6 is 0 Å². The highest BCUT2D eigenvalue weighted by atomic mass is 16.4. The molecule has 0 saturated heterocycles. The van der Waals surface area contributed by atoms with Gasteiger partial charge in [0.2, 0.25) is 5.91 Å². The lowest BCUT2D eigenvalue weighted by atomic mass is 10.1. The monoisotopic (exact) mass is 281 g/mol. The van der Waals surface area contributed by atoms with Crippen LogP contribution in [0.5, 0.6) is 0 Å². The fourth-order valence-corrected chi connectivity index (χ4v) is 1.58. The maximum Gasteiger partial charge on any atom is 0.337 e. The second-order valence-corrected chi connectivity index (χ2v) is 4.84. The highest BCUT2D eigenvalue weighted by Crippen LogP contribution is 2.13. The quantitative estimate of drug-likeness (QED) is 0.659. The van der Waals surface area contributed by atoms with E-state index >= 15 is 0 Å². The summed E-state index contributed by atoms with van der Waals surface area (Å²) in [6.07, 6.45) is 2.90. The molecule has 0 saturated carbocycles. The Morgan fingerprint density at radius 1 is 1.45 bits per heavy atom. The number of rotatable bonds is 5. The highest BCUT2D eigenvalue weighted by Gasteiger charge is 2.29. The number of amides is 1. The van der Waals surface area contributed by atoms with Crippen molar-refractivity contribution >= 4 is 18.0 Å². The molecule has 0 radical (unpaired) electrons. The van der Waals surface area contributed by atoms with Gasteiger partial charge in [-0.2, -0.15) is 5.10 Å². The smallest absolute Gasteiger partial charge is 0.337 e. The van der Waals surface area contributed by atoms with E-state index in [2.05, 4.69) is 10.4 Å². The first-order chi connectivity index (χ1) is 9.15. The molecule has 7 nitrogen and oxygen atoms in total. The van der Waals surface area contributed by atoms with E-state index in [1.807, 2.05) is 20.9 Å². The van der Waals surface area contributed by atoms with Crippen molar-refractivity contribution in [3.05, 3.63) is 23.0 Å². The summed E-state index contributed by atoms with van der Waals surface area (Å²) in [4.78, 5) is 22.3. The van der Waals surface area contributed by atoms with Crippen molar-refractivity contribution in [2.24, 2.45) is 7.05 Å². The predicted octanol–water partition coefficient (Wildman–Crippen LogP) is 0.00194. The first-order valence-corrected chi connectivity index (χ1v) is 6.07. The topological polar surface area (TPSA) is 104 Å². The molecule has 3 N–H and O–H groups in total. The fourth-order valence-electron chi connectivity index (χ4n) is 1.58. The number of nitrogens with zero attached hydrogens (tertiary/aromatic N) is 2. The first-order valence-electron chi connectivity index (χ1n) is 6.07. The summed E-state index contributed by atoms with van der Waals surface area (Å²) in [5.41, 5.74) is 0.576. The number of carbonyl (C=O) groups excluding carboxylic acids is 1. The lowest BCUT2D eigenvalue weighted by molar-refractivity contribution is -0.156. The van der Waals surface area contributed by atoms with Crippen LogP contribution in [0.3, 0.4) is 0 Å². The summed E-state index contributed by atoms with van der Waals surface area (Å²) >= 11 is 0. The van der Waals surface area contributed by atoms with E-state index in [0.717, 1.165) is 23.9 Å². The van der Waals surface area contributed by atoms with E-state index in [4.69, 9.17) is 5.11 Å². The zero-order valence-corrected chi connectivity index (χ0v) is 12.0. The van der Waals surface area contributed by atoms with Gasteiger partial charge in [-0.1, -0.05) is 0 Å². The summed E-state index contributed by atoms with van der Waals surface area (Å²) in [6, 6.07) is 0. The molecule has 1 unspecified atom stereocenters. The zero-order chi connectivity index (χ0) is 15.5. The van der Waals surface area contributed by atoms with E-state index in [0.29, 0.717) is 0 Å². The summed E-state index contributed by atoms with van der Waals surface area (Å²) in [7, 11) is 1.81. The summed E-state index contributed by atoms with van der Waals surface area (Å²) in [5, 5.41) is 24.7. The first kappa shape index (κ1) is 15.9. The van der Waals surface area contributed by atoms with Gasteiger partial charge in [0.05, 0.1) is 12.2 Å². The van der Waals surface area contributed by atoms with Gasteiger partial charge in [0.15, 0.2) is 5.60 Å². The third-order valence-corrected chi connectivity index (χ3v) is 3.03. The van der Waals surface area contributed by atoms with Crippen LogP contribution in [0.15, 0.2) is 6.08 Å². The van der Waals surface area contributed by atoms with Crippen LogP contribution in [0.2, 0.25) is 0 Å². The van der Waals surface area contributed by atoms with Crippen molar-refractivity contribution in [2.75, 3.05) is 6.54 Å². The molecule has 0 spiro atoms. The molecule has 0 aliphatic heterocycles. The molecule has 0 bridgehead atoms. The number of hydrogen-bond donors (Lipinski definition) is 3. The maximum atomic E-state index is 11.6. The fraction of sp³-hybridized carbons (Fsp3) is 0.462. The molecule has 0 fully saturated rings. The third kappa shape index (κ3) is 3.67. The number of carboxylic acid groups (broad SMARTS) is 1. The Balaban J connectivity index is 2.67. The number of carboxylic acids is 1. The minimum atomic E-state index is -1.98. The molecular weight excluding hydrogens is 262 g/mol. The van der Waals surface area contributed by atoms with Gasteiger partial charge in [0.1, 0.15) is 0 Å². The van der Waals surface area contributed by atoms with E-state index in [1.54, 1.807) is 10.8 Å². The highest BCUT2D eigenvalue weighted by molar-refractivity contribution is 5.92. The SMILES string of the molecule is Cc1nn(C)c(C)c1C=CC(=O)NCC(C)(O)C(=O)O. The van der Waals surface area contributed by atoms with Crippen LogP contribution in [0.25, 0.3) is 6.08 Å². The molecule has 1 atom stereocenters. The van der Waals surface area contributed by atoms with Crippen LogP contribution in [0.1, 0.15) is 23.9 Å². The lowest BCUT2D eigenvalue weighted by Crippen LogP contribution is -2.46. The Bertz CT molecular complexity index is 558. The van der Waals surface area contributed by atoms with Gasteiger partial charge in [0, 0.05) is 24.4 Å². The standard InChI is InChI=1S/C13H19N3O4/c1-8-10(9(2)16(4)15-8)5-6-11(17)14-7-13(3,20)12(18)19/h5-6,20H,7H2,1-4H3,(H,14,17)(H,18,19). The predicted molar refractivity (Wildman–Crippen MR) is 73.0 cm³/mol. The Hall–Kier alpha value is -2.15. The number of aliphatic hydroxyl groups is 1. The van der Waals surface area contributed by atoms with Crippen LogP contribution in [0.4, 0.5) is 0 Å². The molecule has 0 aliphatic carbocycles. The molecule has 1 rings (SSSR count). The minimum Gasteiger partial charge on any atom is -0.479 e. The van der Waals surface area contributed by atoms with Gasteiger partial charge in [-0.25, -0.2) is 4.79 Å². The maximum absolute atomic E-state index is 11.6. The summed E-state index contributed by atoms with van der Waals surface area (Å²) < 4.78 is 1.71. The molecule has 7 heteroatoms. The number of aromatic nitrogens is 2. The number of hydrogen-bond acceptors (Lipinski definition) is 4. The molecule has 0 aliphatic rings. The largest absolute Gasteiger partial charge is 0.479 e. The normalized spacial score (nSPS) is 14.2. The molecule has 1 aromatic rings.